The maximum absolute atomic E-state index is 11.8. The third-order valence-corrected chi connectivity index (χ3v) is 3.85. The SMILES string of the molecule is O=C(/C=C/c1ccc(Cl)c(Cl)c1)Nc1ccc(Cl)cc1Cl. The molecule has 0 aromatic heterocycles. The first-order chi connectivity index (χ1) is 9.95. The van der Waals surface area contributed by atoms with E-state index in [0.29, 0.717) is 25.8 Å². The highest BCUT2D eigenvalue weighted by Gasteiger charge is 2.04. The van der Waals surface area contributed by atoms with E-state index in [1.807, 2.05) is 0 Å². The van der Waals surface area contributed by atoms with Crippen molar-refractivity contribution in [2.75, 3.05) is 5.32 Å². The summed E-state index contributed by atoms with van der Waals surface area (Å²) in [6.45, 7) is 0. The van der Waals surface area contributed by atoms with Crippen molar-refractivity contribution < 1.29 is 4.79 Å². The first-order valence-electron chi connectivity index (χ1n) is 5.85. The van der Waals surface area contributed by atoms with Gasteiger partial charge in [-0.3, -0.25) is 4.79 Å². The first kappa shape index (κ1) is 16.2. The second kappa shape index (κ2) is 7.19. The summed E-state index contributed by atoms with van der Waals surface area (Å²) in [4.78, 5) is 11.8. The molecule has 1 N–H and O–H groups in total. The number of hydrogen-bond acceptors (Lipinski definition) is 1. The van der Waals surface area contributed by atoms with E-state index in [9.17, 15) is 4.79 Å². The molecule has 0 aliphatic carbocycles. The Balaban J connectivity index is 2.07. The minimum absolute atomic E-state index is 0.315. The average Bonchev–Trinajstić information content (AvgIpc) is 2.43. The van der Waals surface area contributed by atoms with Gasteiger partial charge < -0.3 is 5.32 Å². The van der Waals surface area contributed by atoms with Crippen molar-refractivity contribution in [1.82, 2.24) is 0 Å². The largest absolute Gasteiger partial charge is 0.321 e. The van der Waals surface area contributed by atoms with Gasteiger partial charge in [-0.1, -0.05) is 52.5 Å². The molecule has 0 spiro atoms. The Bertz CT molecular complexity index is 713. The average molecular weight is 361 g/mol. The Hall–Kier alpha value is -1.19. The molecule has 0 heterocycles. The summed E-state index contributed by atoms with van der Waals surface area (Å²) in [5, 5.41) is 4.43. The van der Waals surface area contributed by atoms with Gasteiger partial charge in [0.1, 0.15) is 0 Å². The van der Waals surface area contributed by atoms with Crippen LogP contribution in [0.25, 0.3) is 6.08 Å². The second-order valence-corrected chi connectivity index (χ2v) is 5.78. The van der Waals surface area contributed by atoms with Gasteiger partial charge in [0.2, 0.25) is 5.91 Å². The molecule has 21 heavy (non-hydrogen) atoms. The summed E-state index contributed by atoms with van der Waals surface area (Å²) in [5.41, 5.74) is 1.26. The molecule has 2 nitrogen and oxygen atoms in total. The van der Waals surface area contributed by atoms with Gasteiger partial charge in [-0.25, -0.2) is 0 Å². The Labute approximate surface area is 142 Å². The predicted molar refractivity (Wildman–Crippen MR) is 90.6 cm³/mol. The number of nitrogens with one attached hydrogen (secondary N) is 1. The Morgan fingerprint density at radius 2 is 1.67 bits per heavy atom. The lowest BCUT2D eigenvalue weighted by atomic mass is 10.2. The van der Waals surface area contributed by atoms with Crippen LogP contribution in [0, 0.1) is 0 Å². The van der Waals surface area contributed by atoms with Gasteiger partial charge in [0.25, 0.3) is 0 Å². The van der Waals surface area contributed by atoms with Crippen LogP contribution in [0.1, 0.15) is 5.56 Å². The van der Waals surface area contributed by atoms with Crippen LogP contribution in [0.5, 0.6) is 0 Å². The lowest BCUT2D eigenvalue weighted by Crippen LogP contribution is -2.08. The Morgan fingerprint density at radius 1 is 0.905 bits per heavy atom. The van der Waals surface area contributed by atoms with Crippen molar-refractivity contribution in [2.45, 2.75) is 0 Å². The van der Waals surface area contributed by atoms with Crippen LogP contribution in [0.2, 0.25) is 20.1 Å². The third-order valence-electron chi connectivity index (χ3n) is 2.56. The normalized spacial score (nSPS) is 10.9. The number of anilines is 1. The maximum Gasteiger partial charge on any atom is 0.248 e. The molecule has 0 aliphatic heterocycles. The van der Waals surface area contributed by atoms with E-state index >= 15 is 0 Å². The van der Waals surface area contributed by atoms with Crippen LogP contribution in [-0.4, -0.2) is 5.91 Å². The predicted octanol–water partition coefficient (Wildman–Crippen LogP) is 5.95. The number of rotatable bonds is 3. The fourth-order valence-electron chi connectivity index (χ4n) is 1.55. The number of benzene rings is 2. The molecule has 0 radical (unpaired) electrons. The summed E-state index contributed by atoms with van der Waals surface area (Å²) < 4.78 is 0. The van der Waals surface area contributed by atoms with E-state index in [4.69, 9.17) is 46.4 Å². The highest BCUT2D eigenvalue weighted by molar-refractivity contribution is 6.42. The molecule has 2 aromatic rings. The van der Waals surface area contributed by atoms with Crippen LogP contribution in [0.15, 0.2) is 42.5 Å². The highest BCUT2D eigenvalue weighted by atomic mass is 35.5. The van der Waals surface area contributed by atoms with E-state index < -0.39 is 0 Å². The van der Waals surface area contributed by atoms with Crippen molar-refractivity contribution in [3.8, 4) is 0 Å². The molecule has 0 aliphatic rings. The summed E-state index contributed by atoms with van der Waals surface area (Å²) in [5.74, 6) is -0.315. The van der Waals surface area contributed by atoms with E-state index in [1.165, 1.54) is 6.08 Å². The van der Waals surface area contributed by atoms with Gasteiger partial charge in [0, 0.05) is 11.1 Å². The van der Waals surface area contributed by atoms with Crippen molar-refractivity contribution in [3.63, 3.8) is 0 Å². The number of halogens is 4. The minimum Gasteiger partial charge on any atom is -0.321 e. The highest BCUT2D eigenvalue weighted by Crippen LogP contribution is 2.25. The quantitative estimate of drug-likeness (QED) is 0.673. The number of carbonyl (C=O) groups is 1. The van der Waals surface area contributed by atoms with Gasteiger partial charge in [-0.05, 0) is 42.0 Å². The summed E-state index contributed by atoms with van der Waals surface area (Å²) >= 11 is 23.5. The van der Waals surface area contributed by atoms with Crippen LogP contribution in [-0.2, 0) is 4.79 Å². The van der Waals surface area contributed by atoms with Crippen molar-refractivity contribution >= 4 is 64.1 Å². The second-order valence-electron chi connectivity index (χ2n) is 4.12. The van der Waals surface area contributed by atoms with E-state index in [2.05, 4.69) is 5.32 Å². The zero-order chi connectivity index (χ0) is 15.4. The molecule has 0 unspecified atom stereocenters. The Kier molecular flexibility index (Phi) is 5.54. The Morgan fingerprint density at radius 3 is 2.33 bits per heavy atom. The van der Waals surface area contributed by atoms with Crippen molar-refractivity contribution in [1.29, 1.82) is 0 Å². The van der Waals surface area contributed by atoms with E-state index in [0.717, 1.165) is 5.56 Å². The molecule has 1 amide bonds. The number of amides is 1. The molecule has 0 saturated heterocycles. The topological polar surface area (TPSA) is 29.1 Å². The zero-order valence-corrected chi connectivity index (χ0v) is 13.6. The van der Waals surface area contributed by atoms with Crippen molar-refractivity contribution in [3.05, 3.63) is 68.1 Å². The number of carbonyl (C=O) groups excluding carboxylic acids is 1. The zero-order valence-electron chi connectivity index (χ0n) is 10.5. The van der Waals surface area contributed by atoms with Crippen molar-refractivity contribution in [2.24, 2.45) is 0 Å². The third kappa shape index (κ3) is 4.65. The summed E-state index contributed by atoms with van der Waals surface area (Å²) in [6, 6.07) is 9.93. The maximum atomic E-state index is 11.8. The lowest BCUT2D eigenvalue weighted by molar-refractivity contribution is -0.111. The molecular formula is C15H9Cl4NO. The fourth-order valence-corrected chi connectivity index (χ4v) is 2.32. The van der Waals surface area contributed by atoms with Crippen LogP contribution >= 0.6 is 46.4 Å². The standard InChI is InChI=1S/C15H9Cl4NO/c16-10-3-5-14(13(19)8-10)20-15(21)6-2-9-1-4-11(17)12(18)7-9/h1-8H,(H,20,21)/b6-2+. The molecule has 0 bridgehead atoms. The summed E-state index contributed by atoms with van der Waals surface area (Å²) in [6.07, 6.45) is 3.01. The number of hydrogen-bond donors (Lipinski definition) is 1. The monoisotopic (exact) mass is 359 g/mol. The molecule has 2 aromatic carbocycles. The van der Waals surface area contributed by atoms with Gasteiger partial charge in [0.15, 0.2) is 0 Å². The minimum atomic E-state index is -0.315. The first-order valence-corrected chi connectivity index (χ1v) is 7.36. The van der Waals surface area contributed by atoms with Gasteiger partial charge in [0.05, 0.1) is 20.8 Å². The fraction of sp³-hybridized carbons (Fsp3) is 0. The molecular weight excluding hydrogens is 352 g/mol. The smallest absolute Gasteiger partial charge is 0.248 e. The van der Waals surface area contributed by atoms with Crippen LogP contribution in [0.4, 0.5) is 5.69 Å². The molecule has 6 heteroatoms. The molecule has 0 saturated carbocycles. The van der Waals surface area contributed by atoms with Gasteiger partial charge in [-0.2, -0.15) is 0 Å². The van der Waals surface area contributed by atoms with Gasteiger partial charge in [-0.15, -0.1) is 0 Å². The molecule has 2 rings (SSSR count). The van der Waals surface area contributed by atoms with Gasteiger partial charge >= 0.3 is 0 Å². The molecule has 0 atom stereocenters. The lowest BCUT2D eigenvalue weighted by Gasteiger charge is -2.05. The molecule has 108 valence electrons. The van der Waals surface area contributed by atoms with E-state index in [1.54, 1.807) is 42.5 Å². The van der Waals surface area contributed by atoms with E-state index in [-0.39, 0.29) is 5.91 Å². The van der Waals surface area contributed by atoms with Crippen LogP contribution < -0.4 is 5.32 Å². The van der Waals surface area contributed by atoms with Crippen LogP contribution in [0.3, 0.4) is 0 Å². The molecule has 0 fully saturated rings. The summed E-state index contributed by atoms with van der Waals surface area (Å²) in [7, 11) is 0.